The highest BCUT2D eigenvalue weighted by atomic mass is 19.1. The SMILES string of the molecule is CCCCCCCCOc1ccc(-c2cc(OC(OCCCCC)[C@H](CC)OCCCCC)ccc2-c2ccccc2F)cc1. The molecule has 2 atom stereocenters. The van der Waals surface area contributed by atoms with E-state index in [9.17, 15) is 0 Å². The number of ether oxygens (including phenoxy) is 4. The lowest BCUT2D eigenvalue weighted by molar-refractivity contribution is -0.165. The predicted molar refractivity (Wildman–Crippen MR) is 186 cm³/mol. The minimum absolute atomic E-state index is 0.179. The van der Waals surface area contributed by atoms with Gasteiger partial charge in [0.05, 0.1) is 13.2 Å². The summed E-state index contributed by atoms with van der Waals surface area (Å²) >= 11 is 0. The fraction of sp³-hybridized carbons (Fsp3) is 0.550. The molecule has 248 valence electrons. The fourth-order valence-electron chi connectivity index (χ4n) is 5.43. The molecule has 0 spiro atoms. The maximum Gasteiger partial charge on any atom is 0.226 e. The molecule has 0 aliphatic carbocycles. The van der Waals surface area contributed by atoms with Gasteiger partial charge in [0.15, 0.2) is 0 Å². The molecule has 0 amide bonds. The minimum Gasteiger partial charge on any atom is -0.494 e. The van der Waals surface area contributed by atoms with E-state index in [1.54, 1.807) is 6.07 Å². The highest BCUT2D eigenvalue weighted by Gasteiger charge is 2.24. The van der Waals surface area contributed by atoms with Gasteiger partial charge in [-0.2, -0.15) is 0 Å². The van der Waals surface area contributed by atoms with Crippen molar-refractivity contribution in [2.75, 3.05) is 19.8 Å². The van der Waals surface area contributed by atoms with E-state index in [1.807, 2.05) is 54.6 Å². The van der Waals surface area contributed by atoms with Crippen LogP contribution in [0.3, 0.4) is 0 Å². The van der Waals surface area contributed by atoms with Gasteiger partial charge in [-0.05, 0) is 78.8 Å². The Morgan fingerprint density at radius 1 is 0.556 bits per heavy atom. The maximum absolute atomic E-state index is 15.1. The van der Waals surface area contributed by atoms with E-state index in [4.69, 9.17) is 18.9 Å². The Morgan fingerprint density at radius 3 is 1.84 bits per heavy atom. The van der Waals surface area contributed by atoms with Gasteiger partial charge in [0.25, 0.3) is 0 Å². The van der Waals surface area contributed by atoms with E-state index in [2.05, 4.69) is 27.7 Å². The van der Waals surface area contributed by atoms with Crippen LogP contribution in [-0.2, 0) is 9.47 Å². The van der Waals surface area contributed by atoms with Crippen molar-refractivity contribution >= 4 is 0 Å². The Labute approximate surface area is 272 Å². The van der Waals surface area contributed by atoms with Crippen molar-refractivity contribution in [3.63, 3.8) is 0 Å². The van der Waals surface area contributed by atoms with Crippen molar-refractivity contribution in [3.05, 3.63) is 72.5 Å². The lowest BCUT2D eigenvalue weighted by Crippen LogP contribution is -2.37. The molecule has 0 heterocycles. The Balaban J connectivity index is 1.83. The van der Waals surface area contributed by atoms with Crippen LogP contribution in [0.4, 0.5) is 4.39 Å². The number of hydrogen-bond donors (Lipinski definition) is 0. The molecule has 0 aliphatic heterocycles. The number of benzene rings is 3. The van der Waals surface area contributed by atoms with Crippen molar-refractivity contribution in [2.45, 2.75) is 124 Å². The largest absolute Gasteiger partial charge is 0.494 e. The summed E-state index contributed by atoms with van der Waals surface area (Å²) in [5.41, 5.74) is 3.22. The van der Waals surface area contributed by atoms with Crippen molar-refractivity contribution in [3.8, 4) is 33.8 Å². The Kier molecular flexibility index (Phi) is 17.7. The van der Waals surface area contributed by atoms with Gasteiger partial charge in [0.2, 0.25) is 6.29 Å². The lowest BCUT2D eigenvalue weighted by Gasteiger charge is -2.28. The molecule has 5 heteroatoms. The smallest absolute Gasteiger partial charge is 0.226 e. The summed E-state index contributed by atoms with van der Waals surface area (Å²) in [6.07, 6.45) is 14.0. The molecule has 0 N–H and O–H groups in total. The molecule has 3 aromatic rings. The van der Waals surface area contributed by atoms with Crippen LogP contribution in [-0.4, -0.2) is 32.2 Å². The second-order valence-electron chi connectivity index (χ2n) is 11.9. The van der Waals surface area contributed by atoms with E-state index in [-0.39, 0.29) is 11.9 Å². The van der Waals surface area contributed by atoms with Gasteiger partial charge in [-0.25, -0.2) is 4.39 Å². The summed E-state index contributed by atoms with van der Waals surface area (Å²) in [5, 5.41) is 0. The molecule has 3 aromatic carbocycles. The highest BCUT2D eigenvalue weighted by Crippen LogP contribution is 2.37. The Morgan fingerprint density at radius 2 is 1.16 bits per heavy atom. The molecule has 45 heavy (non-hydrogen) atoms. The van der Waals surface area contributed by atoms with Gasteiger partial charge in [-0.3, -0.25) is 0 Å². The first-order valence-corrected chi connectivity index (χ1v) is 17.6. The first kappa shape index (κ1) is 36.6. The van der Waals surface area contributed by atoms with Gasteiger partial charge < -0.3 is 18.9 Å². The standard InChI is InChI=1S/C40H57FO4/c1-5-9-12-13-14-19-28-42-33-24-22-32(23-25-33)37-31-34(26-27-35(37)36-20-15-16-21-38(36)41)45-40(44-30-18-11-7-3)39(8-4)43-29-17-10-6-2/h15-16,20-27,31,39-40H,5-14,17-19,28-30H2,1-4H3/t39-,40?/m0/s1. The number of unbranched alkanes of at least 4 members (excludes halogenated alkanes) is 9. The van der Waals surface area contributed by atoms with Crippen LogP contribution < -0.4 is 9.47 Å². The first-order valence-electron chi connectivity index (χ1n) is 17.6. The van der Waals surface area contributed by atoms with Crippen molar-refractivity contribution in [2.24, 2.45) is 0 Å². The third-order valence-corrected chi connectivity index (χ3v) is 8.15. The van der Waals surface area contributed by atoms with Crippen LogP contribution in [0.15, 0.2) is 66.7 Å². The molecule has 1 unspecified atom stereocenters. The van der Waals surface area contributed by atoms with Crippen LogP contribution in [0.5, 0.6) is 11.5 Å². The van der Waals surface area contributed by atoms with Gasteiger partial charge in [0, 0.05) is 12.2 Å². The molecule has 0 bridgehead atoms. The second kappa shape index (κ2) is 21.8. The van der Waals surface area contributed by atoms with Crippen LogP contribution in [0.2, 0.25) is 0 Å². The number of hydrogen-bond acceptors (Lipinski definition) is 4. The van der Waals surface area contributed by atoms with E-state index < -0.39 is 6.29 Å². The molecule has 0 fully saturated rings. The fourth-order valence-corrected chi connectivity index (χ4v) is 5.43. The highest BCUT2D eigenvalue weighted by molar-refractivity contribution is 5.84. The average Bonchev–Trinajstić information content (AvgIpc) is 3.06. The van der Waals surface area contributed by atoms with Gasteiger partial charge >= 0.3 is 0 Å². The zero-order valence-corrected chi connectivity index (χ0v) is 28.3. The quantitative estimate of drug-likeness (QED) is 0.0737. The molecule has 0 aromatic heterocycles. The minimum atomic E-state index is -0.529. The summed E-state index contributed by atoms with van der Waals surface area (Å²) in [6, 6.07) is 20.9. The maximum atomic E-state index is 15.1. The topological polar surface area (TPSA) is 36.9 Å². The summed E-state index contributed by atoms with van der Waals surface area (Å²) in [4.78, 5) is 0. The normalized spacial score (nSPS) is 12.6. The lowest BCUT2D eigenvalue weighted by atomic mass is 9.94. The van der Waals surface area contributed by atoms with Crippen molar-refractivity contribution < 1.29 is 23.3 Å². The third kappa shape index (κ3) is 12.8. The summed E-state index contributed by atoms with van der Waals surface area (Å²) in [7, 11) is 0. The molecule has 0 aliphatic rings. The van der Waals surface area contributed by atoms with Gasteiger partial charge in [-0.1, -0.05) is 116 Å². The first-order chi connectivity index (χ1) is 22.1. The predicted octanol–water partition coefficient (Wildman–Crippen LogP) is 11.8. The molecule has 4 nitrogen and oxygen atoms in total. The van der Waals surface area contributed by atoms with Gasteiger partial charge in [0.1, 0.15) is 23.4 Å². The zero-order chi connectivity index (χ0) is 32.1. The Bertz CT molecular complexity index is 1200. The van der Waals surface area contributed by atoms with Crippen LogP contribution in [0.25, 0.3) is 22.3 Å². The van der Waals surface area contributed by atoms with E-state index >= 15 is 4.39 Å². The molecule has 0 saturated heterocycles. The second-order valence-corrected chi connectivity index (χ2v) is 11.9. The van der Waals surface area contributed by atoms with Gasteiger partial charge in [-0.15, -0.1) is 0 Å². The average molecular weight is 621 g/mol. The Hall–Kier alpha value is -2.89. The van der Waals surface area contributed by atoms with Crippen molar-refractivity contribution in [1.82, 2.24) is 0 Å². The summed E-state index contributed by atoms with van der Waals surface area (Å²) in [6.45, 7) is 10.8. The van der Waals surface area contributed by atoms with Crippen LogP contribution >= 0.6 is 0 Å². The summed E-state index contributed by atoms with van der Waals surface area (Å²) in [5.74, 6) is 1.26. The third-order valence-electron chi connectivity index (χ3n) is 8.15. The summed E-state index contributed by atoms with van der Waals surface area (Å²) < 4.78 is 40.2. The monoisotopic (exact) mass is 620 g/mol. The molecule has 0 saturated carbocycles. The molecular formula is C40H57FO4. The van der Waals surface area contributed by atoms with Crippen molar-refractivity contribution in [1.29, 1.82) is 0 Å². The number of rotatable bonds is 24. The van der Waals surface area contributed by atoms with E-state index in [0.29, 0.717) is 31.1 Å². The zero-order valence-electron chi connectivity index (χ0n) is 28.3. The van der Waals surface area contributed by atoms with Crippen LogP contribution in [0, 0.1) is 5.82 Å². The van der Waals surface area contributed by atoms with Crippen LogP contribution in [0.1, 0.15) is 111 Å². The number of halogens is 1. The van der Waals surface area contributed by atoms with E-state index in [0.717, 1.165) is 73.8 Å². The molecule has 0 radical (unpaired) electrons. The molecule has 3 rings (SSSR count). The van der Waals surface area contributed by atoms with E-state index in [1.165, 1.54) is 38.2 Å². The molecular weight excluding hydrogens is 563 g/mol.